The number of unbranched alkanes of at least 4 members (excludes halogenated alkanes) is 1. The first-order valence-electron chi connectivity index (χ1n) is 6.93. The average Bonchev–Trinajstić information content (AvgIpc) is 2.36. The van der Waals surface area contributed by atoms with Crippen molar-refractivity contribution in [2.24, 2.45) is 0 Å². The highest BCUT2D eigenvalue weighted by Crippen LogP contribution is 1.89. The van der Waals surface area contributed by atoms with Crippen molar-refractivity contribution in [3.8, 4) is 0 Å². The summed E-state index contributed by atoms with van der Waals surface area (Å²) < 4.78 is 5.09. The number of hydrogen-bond donors (Lipinski definition) is 4. The van der Waals surface area contributed by atoms with Crippen molar-refractivity contribution in [1.29, 1.82) is 0 Å². The van der Waals surface area contributed by atoms with E-state index in [2.05, 4.69) is 6.92 Å². The lowest BCUT2D eigenvalue weighted by molar-refractivity contribution is 0.0450. The summed E-state index contributed by atoms with van der Waals surface area (Å²) >= 11 is 0. The highest BCUT2D eigenvalue weighted by Gasteiger charge is 2.00. The minimum absolute atomic E-state index is 0.0694. The van der Waals surface area contributed by atoms with Crippen LogP contribution < -0.4 is 0 Å². The zero-order valence-electron chi connectivity index (χ0n) is 12.3. The fraction of sp³-hybridized carbons (Fsp3) is 1.00. The van der Waals surface area contributed by atoms with Gasteiger partial charge >= 0.3 is 0 Å². The van der Waals surface area contributed by atoms with Crippen LogP contribution in [0, 0.1) is 0 Å². The zero-order chi connectivity index (χ0) is 14.9. The number of rotatable bonds is 11. The van der Waals surface area contributed by atoms with Crippen LogP contribution in [0.1, 0.15) is 26.7 Å². The van der Waals surface area contributed by atoms with Crippen LogP contribution in [0.5, 0.6) is 0 Å². The molecule has 19 heavy (non-hydrogen) atoms. The van der Waals surface area contributed by atoms with Crippen molar-refractivity contribution >= 4 is 0 Å². The lowest BCUT2D eigenvalue weighted by Gasteiger charge is -2.17. The van der Waals surface area contributed by atoms with Crippen LogP contribution in [0.25, 0.3) is 0 Å². The van der Waals surface area contributed by atoms with Gasteiger partial charge in [0.2, 0.25) is 0 Å². The maximum absolute atomic E-state index is 8.73. The molecule has 0 aliphatic heterocycles. The van der Waals surface area contributed by atoms with E-state index in [1.807, 2.05) is 0 Å². The predicted octanol–water partition coefficient (Wildman–Crippen LogP) is -0.551. The highest BCUT2D eigenvalue weighted by atomic mass is 16.5. The first kappa shape index (κ1) is 21.1. The smallest absolute Gasteiger partial charge is 0.0745 e. The summed E-state index contributed by atoms with van der Waals surface area (Å²) in [5, 5.41) is 34.2. The Hall–Kier alpha value is -0.240. The van der Waals surface area contributed by atoms with Crippen molar-refractivity contribution in [2.45, 2.75) is 32.8 Å². The van der Waals surface area contributed by atoms with Crippen molar-refractivity contribution in [3.63, 3.8) is 0 Å². The summed E-state index contributed by atoms with van der Waals surface area (Å²) in [7, 11) is 0. The number of ether oxygens (including phenoxy) is 1. The maximum Gasteiger partial charge on any atom is 0.0745 e. The molecule has 0 fully saturated rings. The van der Waals surface area contributed by atoms with Gasteiger partial charge in [0.1, 0.15) is 0 Å². The summed E-state index contributed by atoms with van der Waals surface area (Å²) in [5.74, 6) is 0. The molecule has 0 spiro atoms. The Morgan fingerprint density at radius 1 is 1.00 bits per heavy atom. The molecule has 0 aromatic heterocycles. The minimum Gasteiger partial charge on any atom is -0.395 e. The SMILES string of the molecule is CCCCOCC(C)O.OCCN(CCO)CCO. The van der Waals surface area contributed by atoms with Gasteiger partial charge in [-0.15, -0.1) is 0 Å². The van der Waals surface area contributed by atoms with Gasteiger partial charge in [-0.2, -0.15) is 0 Å². The molecular formula is C13H31NO5. The van der Waals surface area contributed by atoms with Gasteiger partial charge in [-0.05, 0) is 13.3 Å². The third-order valence-electron chi connectivity index (χ3n) is 2.25. The molecule has 0 aromatic rings. The van der Waals surface area contributed by atoms with Crippen molar-refractivity contribution in [2.75, 3.05) is 52.7 Å². The highest BCUT2D eigenvalue weighted by molar-refractivity contribution is 4.54. The van der Waals surface area contributed by atoms with Gasteiger partial charge in [0.05, 0.1) is 32.5 Å². The molecule has 0 aliphatic carbocycles. The first-order valence-corrected chi connectivity index (χ1v) is 6.93. The predicted molar refractivity (Wildman–Crippen MR) is 75.1 cm³/mol. The van der Waals surface area contributed by atoms with Crippen LogP contribution in [0.2, 0.25) is 0 Å². The van der Waals surface area contributed by atoms with E-state index in [1.54, 1.807) is 11.8 Å². The normalized spacial score (nSPS) is 12.2. The summed E-state index contributed by atoms with van der Waals surface area (Å²) in [6, 6.07) is 0. The molecule has 0 saturated heterocycles. The Labute approximate surface area is 116 Å². The van der Waals surface area contributed by atoms with E-state index >= 15 is 0 Å². The maximum atomic E-state index is 8.73. The van der Waals surface area contributed by atoms with Crippen LogP contribution >= 0.6 is 0 Å². The Bertz CT molecular complexity index is 144. The summed E-state index contributed by atoms with van der Waals surface area (Å²) in [4.78, 5) is 1.79. The molecule has 0 heterocycles. The van der Waals surface area contributed by atoms with Crippen LogP contribution in [-0.2, 0) is 4.74 Å². The number of nitrogens with zero attached hydrogens (tertiary/aromatic N) is 1. The second-order valence-corrected chi connectivity index (χ2v) is 4.29. The third-order valence-corrected chi connectivity index (χ3v) is 2.25. The molecule has 6 heteroatoms. The Balaban J connectivity index is 0. The number of aliphatic hydroxyl groups excluding tert-OH is 4. The van der Waals surface area contributed by atoms with E-state index in [-0.39, 0.29) is 25.9 Å². The Morgan fingerprint density at radius 2 is 1.47 bits per heavy atom. The van der Waals surface area contributed by atoms with E-state index in [4.69, 9.17) is 25.2 Å². The molecule has 6 nitrogen and oxygen atoms in total. The van der Waals surface area contributed by atoms with Crippen LogP contribution in [-0.4, -0.2) is 84.1 Å². The summed E-state index contributed by atoms with van der Waals surface area (Å²) in [6.07, 6.45) is 1.92. The Kier molecular flexibility index (Phi) is 19.7. The zero-order valence-corrected chi connectivity index (χ0v) is 12.3. The topological polar surface area (TPSA) is 93.4 Å². The molecule has 1 atom stereocenters. The van der Waals surface area contributed by atoms with Gasteiger partial charge in [-0.3, -0.25) is 4.90 Å². The molecule has 0 amide bonds. The lowest BCUT2D eigenvalue weighted by Crippen LogP contribution is -2.32. The molecule has 0 saturated carbocycles. The van der Waals surface area contributed by atoms with Gasteiger partial charge in [-0.25, -0.2) is 0 Å². The monoisotopic (exact) mass is 281 g/mol. The van der Waals surface area contributed by atoms with E-state index in [9.17, 15) is 0 Å². The molecule has 4 N–H and O–H groups in total. The van der Waals surface area contributed by atoms with E-state index in [1.165, 1.54) is 0 Å². The fourth-order valence-electron chi connectivity index (χ4n) is 1.26. The van der Waals surface area contributed by atoms with Crippen LogP contribution in [0.15, 0.2) is 0 Å². The molecule has 0 aliphatic rings. The molecule has 0 rings (SSSR count). The summed E-state index contributed by atoms with van der Waals surface area (Å²) in [6.45, 7) is 6.85. The fourth-order valence-corrected chi connectivity index (χ4v) is 1.26. The lowest BCUT2D eigenvalue weighted by atomic mass is 10.4. The first-order chi connectivity index (χ1) is 9.12. The molecule has 0 aromatic carbocycles. The van der Waals surface area contributed by atoms with Gasteiger partial charge in [0.15, 0.2) is 0 Å². The minimum atomic E-state index is -0.318. The third kappa shape index (κ3) is 20.2. The second-order valence-electron chi connectivity index (χ2n) is 4.29. The number of aliphatic hydroxyl groups is 4. The van der Waals surface area contributed by atoms with Gasteiger partial charge < -0.3 is 25.2 Å². The van der Waals surface area contributed by atoms with E-state index in [0.29, 0.717) is 26.2 Å². The summed E-state index contributed by atoms with van der Waals surface area (Å²) in [5.41, 5.74) is 0. The second kappa shape index (κ2) is 17.8. The van der Waals surface area contributed by atoms with Crippen molar-refractivity contribution < 1.29 is 25.2 Å². The molecule has 0 bridgehead atoms. The van der Waals surface area contributed by atoms with Gasteiger partial charge in [0.25, 0.3) is 0 Å². The van der Waals surface area contributed by atoms with Crippen LogP contribution in [0.3, 0.4) is 0 Å². The van der Waals surface area contributed by atoms with E-state index in [0.717, 1.165) is 19.4 Å². The molecule has 0 radical (unpaired) electrons. The Morgan fingerprint density at radius 3 is 1.79 bits per heavy atom. The standard InChI is InChI=1S/C7H16O2.C6H15NO3/c1-3-4-5-9-6-7(2)8;8-4-1-7(2-5-9)3-6-10/h7-8H,3-6H2,1-2H3;8-10H,1-6H2. The van der Waals surface area contributed by atoms with Crippen molar-refractivity contribution in [1.82, 2.24) is 4.90 Å². The molecule has 1 unspecified atom stereocenters. The van der Waals surface area contributed by atoms with E-state index < -0.39 is 0 Å². The van der Waals surface area contributed by atoms with Crippen molar-refractivity contribution in [3.05, 3.63) is 0 Å². The quantitative estimate of drug-likeness (QED) is 0.380. The van der Waals surface area contributed by atoms with Gasteiger partial charge in [-0.1, -0.05) is 13.3 Å². The van der Waals surface area contributed by atoms with Crippen LogP contribution in [0.4, 0.5) is 0 Å². The average molecular weight is 281 g/mol. The molecular weight excluding hydrogens is 250 g/mol. The van der Waals surface area contributed by atoms with Gasteiger partial charge in [0, 0.05) is 26.2 Å². The molecule has 118 valence electrons. The largest absolute Gasteiger partial charge is 0.395 e. The number of hydrogen-bond acceptors (Lipinski definition) is 6.